The molecule has 0 aliphatic carbocycles. The number of rotatable bonds is 66. The third-order valence-electron chi connectivity index (χ3n) is 15.3. The monoisotopic (exact) mass is 1260 g/mol. The molecule has 0 amide bonds. The quantitative estimate of drug-likeness (QED) is 0.0211. The highest BCUT2D eigenvalue weighted by Crippen LogP contribution is 2.16. The first-order valence-corrected chi connectivity index (χ1v) is 36.6. The van der Waals surface area contributed by atoms with E-state index in [4.69, 9.17) is 18.9 Å². The summed E-state index contributed by atoms with van der Waals surface area (Å²) in [4.78, 5) is 37.7. The molecule has 9 nitrogen and oxygen atoms in total. The summed E-state index contributed by atoms with van der Waals surface area (Å²) in [5.41, 5.74) is 0. The first kappa shape index (κ1) is 85.9. The van der Waals surface area contributed by atoms with Gasteiger partial charge >= 0.3 is 17.9 Å². The number of quaternary nitrogens is 1. The van der Waals surface area contributed by atoms with Gasteiger partial charge in [0.15, 0.2) is 6.10 Å². The van der Waals surface area contributed by atoms with E-state index in [1.54, 1.807) is 0 Å². The van der Waals surface area contributed by atoms with Crippen LogP contribution in [-0.2, 0) is 33.3 Å². The average molecular weight is 1260 g/mol. The van der Waals surface area contributed by atoms with Crippen molar-refractivity contribution >= 4 is 17.9 Å². The number of carbonyl (C=O) groups excluding carboxylic acids is 2. The van der Waals surface area contributed by atoms with Crippen LogP contribution < -0.4 is 0 Å². The Balaban J connectivity index is 4.21. The van der Waals surface area contributed by atoms with Crippen LogP contribution >= 0.6 is 0 Å². The minimum Gasteiger partial charge on any atom is -0.477 e. The zero-order valence-electron chi connectivity index (χ0n) is 58.9. The summed E-state index contributed by atoms with van der Waals surface area (Å²) in [6.45, 7) is 4.72. The van der Waals surface area contributed by atoms with Crippen LogP contribution in [0, 0.1) is 0 Å². The molecule has 2 atom stereocenters. The third kappa shape index (κ3) is 72.2. The van der Waals surface area contributed by atoms with Crippen molar-refractivity contribution in [2.24, 2.45) is 0 Å². The fourth-order valence-corrected chi connectivity index (χ4v) is 9.70. The molecule has 516 valence electrons. The number of unbranched alkanes of at least 4 members (excludes halogenated alkanes) is 25. The number of likely N-dealkylation sites (N-methyl/N-ethyl adjacent to an activating group) is 1. The van der Waals surface area contributed by atoms with Crippen molar-refractivity contribution in [1.82, 2.24) is 0 Å². The van der Waals surface area contributed by atoms with E-state index >= 15 is 0 Å². The average Bonchev–Trinajstić information content (AvgIpc) is 3.46. The molecule has 0 heterocycles. The summed E-state index contributed by atoms with van der Waals surface area (Å²) in [6, 6.07) is 0. The smallest absolute Gasteiger partial charge is 0.361 e. The molecule has 9 heteroatoms. The van der Waals surface area contributed by atoms with E-state index < -0.39 is 24.3 Å². The molecule has 2 unspecified atom stereocenters. The number of allylic oxidation sites excluding steroid dienone is 26. The lowest BCUT2D eigenvalue weighted by atomic mass is 10.0. The summed E-state index contributed by atoms with van der Waals surface area (Å²) in [6.07, 6.45) is 102. The molecular weight excluding hydrogens is 1130 g/mol. The Hall–Kier alpha value is -5.09. The van der Waals surface area contributed by atoms with Gasteiger partial charge in [-0.2, -0.15) is 0 Å². The van der Waals surface area contributed by atoms with Gasteiger partial charge in [0.1, 0.15) is 13.2 Å². The second kappa shape index (κ2) is 70.8. The Morgan fingerprint density at radius 3 is 0.934 bits per heavy atom. The lowest BCUT2D eigenvalue weighted by Crippen LogP contribution is -2.40. The van der Waals surface area contributed by atoms with Gasteiger partial charge in [0, 0.05) is 12.8 Å². The van der Waals surface area contributed by atoms with Gasteiger partial charge in [0.2, 0.25) is 0 Å². The fraction of sp³-hybridized carbons (Fsp3) is 0.646. The van der Waals surface area contributed by atoms with Crippen LogP contribution in [0.1, 0.15) is 284 Å². The SMILES string of the molecule is CC/C=C\C/C=C\C/C=C\C/C=C\C/C=C\C/C=C\C/C=C\C/C=C\C/C=C\C/C=C\CCCCCCC(=O)OC(COC(=O)CCCCCCCCCCCCCCCCCC/C=C\C/C=C\C/C=C\CCCCCCC)COC(OCC[N+](C)(C)C)C(=O)O. The van der Waals surface area contributed by atoms with Crippen LogP contribution in [-0.4, -0.2) is 87.4 Å². The Morgan fingerprint density at radius 1 is 0.341 bits per heavy atom. The van der Waals surface area contributed by atoms with Crippen molar-refractivity contribution in [3.63, 3.8) is 0 Å². The molecule has 0 saturated carbocycles. The molecule has 0 aromatic carbocycles. The van der Waals surface area contributed by atoms with Crippen molar-refractivity contribution in [2.75, 3.05) is 47.5 Å². The standard InChI is InChI=1S/C82H135NO8/c1-6-8-10-12-14-16-18-20-22-24-26-28-30-32-34-36-38-39-40-41-43-45-47-49-51-53-55-57-59-61-63-65-67-69-71-73-80(85)91-78(77-90-82(81(86)87)88-75-74-83(3,4)5)76-89-79(84)72-70-68-66-64-62-60-58-56-54-52-50-48-46-44-42-37-35-33-31-29-27-25-23-21-19-17-15-13-11-9-7-2/h8,10,14,16,19-22,25-28,31-34,38-39,41,43,47,49,53,55,59,61,78,82H,6-7,9,11-13,15,17-18,23-24,29-30,35-37,40,42,44-46,48,50-52,54,56-58,60,62-77H2,1-5H3/p+1/b10-8-,16-14-,21-19-,22-20-,27-25-,28-26-,33-31-,34-32-,39-38-,43-41-,49-47-,55-53-,61-59-. The molecule has 0 bridgehead atoms. The van der Waals surface area contributed by atoms with Crippen molar-refractivity contribution in [3.05, 3.63) is 158 Å². The fourth-order valence-electron chi connectivity index (χ4n) is 9.70. The Bertz CT molecular complexity index is 2060. The first-order chi connectivity index (χ1) is 44.6. The number of hydrogen-bond donors (Lipinski definition) is 1. The maximum atomic E-state index is 13.0. The predicted octanol–water partition coefficient (Wildman–Crippen LogP) is 23.2. The minimum absolute atomic E-state index is 0.175. The lowest BCUT2D eigenvalue weighted by Gasteiger charge is -2.25. The van der Waals surface area contributed by atoms with E-state index in [-0.39, 0.29) is 38.6 Å². The highest BCUT2D eigenvalue weighted by Gasteiger charge is 2.25. The van der Waals surface area contributed by atoms with E-state index in [0.29, 0.717) is 17.4 Å². The molecule has 0 aromatic rings. The molecule has 0 spiro atoms. The van der Waals surface area contributed by atoms with Crippen molar-refractivity contribution in [1.29, 1.82) is 0 Å². The zero-order chi connectivity index (χ0) is 66.1. The number of carboxylic acids is 1. The number of carbonyl (C=O) groups is 3. The van der Waals surface area contributed by atoms with Crippen LogP contribution in [0.15, 0.2) is 158 Å². The topological polar surface area (TPSA) is 108 Å². The van der Waals surface area contributed by atoms with E-state index in [1.807, 2.05) is 21.1 Å². The van der Waals surface area contributed by atoms with Gasteiger partial charge in [-0.05, 0) is 128 Å². The number of ether oxygens (including phenoxy) is 4. The van der Waals surface area contributed by atoms with Gasteiger partial charge in [-0.15, -0.1) is 0 Å². The zero-order valence-corrected chi connectivity index (χ0v) is 58.9. The van der Waals surface area contributed by atoms with Gasteiger partial charge < -0.3 is 28.5 Å². The van der Waals surface area contributed by atoms with E-state index in [9.17, 15) is 19.5 Å². The summed E-state index contributed by atoms with van der Waals surface area (Å²) in [5.74, 6) is -2.05. The molecule has 1 N–H and O–H groups in total. The Labute approximate surface area is 559 Å². The molecule has 0 radical (unpaired) electrons. The summed E-state index contributed by atoms with van der Waals surface area (Å²) < 4.78 is 23.0. The summed E-state index contributed by atoms with van der Waals surface area (Å²) in [5, 5.41) is 9.76. The maximum Gasteiger partial charge on any atom is 0.361 e. The van der Waals surface area contributed by atoms with Crippen LogP contribution in [0.4, 0.5) is 0 Å². The van der Waals surface area contributed by atoms with E-state index in [0.717, 1.165) is 122 Å². The molecule has 0 aromatic heterocycles. The van der Waals surface area contributed by atoms with Crippen LogP contribution in [0.5, 0.6) is 0 Å². The number of esters is 2. The second-order valence-corrected chi connectivity index (χ2v) is 25.2. The van der Waals surface area contributed by atoms with Crippen molar-refractivity contribution in [2.45, 2.75) is 296 Å². The maximum absolute atomic E-state index is 13.0. The molecule has 0 rings (SSSR count). The first-order valence-electron chi connectivity index (χ1n) is 36.6. The van der Waals surface area contributed by atoms with E-state index in [1.165, 1.54) is 128 Å². The highest BCUT2D eigenvalue weighted by atomic mass is 16.7. The number of nitrogens with zero attached hydrogens (tertiary/aromatic N) is 1. The summed E-state index contributed by atoms with van der Waals surface area (Å²) in [7, 11) is 5.96. The molecular formula is C82H136NO8+. The summed E-state index contributed by atoms with van der Waals surface area (Å²) >= 11 is 0. The lowest BCUT2D eigenvalue weighted by molar-refractivity contribution is -0.870. The van der Waals surface area contributed by atoms with Gasteiger partial charge in [-0.3, -0.25) is 9.59 Å². The second-order valence-electron chi connectivity index (χ2n) is 25.2. The van der Waals surface area contributed by atoms with Crippen molar-refractivity contribution < 1.29 is 42.9 Å². The molecule has 0 aliphatic rings. The van der Waals surface area contributed by atoms with Crippen molar-refractivity contribution in [3.8, 4) is 0 Å². The number of hydrogen-bond acceptors (Lipinski definition) is 7. The van der Waals surface area contributed by atoms with Crippen LogP contribution in [0.3, 0.4) is 0 Å². The third-order valence-corrected chi connectivity index (χ3v) is 15.3. The van der Waals surface area contributed by atoms with Gasteiger partial charge in [-0.25, -0.2) is 4.79 Å². The molecule has 91 heavy (non-hydrogen) atoms. The van der Waals surface area contributed by atoms with Gasteiger partial charge in [0.05, 0.1) is 34.4 Å². The van der Waals surface area contributed by atoms with E-state index in [2.05, 4.69) is 172 Å². The van der Waals surface area contributed by atoms with Crippen LogP contribution in [0.2, 0.25) is 0 Å². The largest absolute Gasteiger partial charge is 0.477 e. The number of carboxylic acid groups (broad SMARTS) is 1. The van der Waals surface area contributed by atoms with Gasteiger partial charge in [0.25, 0.3) is 6.29 Å². The highest BCUT2D eigenvalue weighted by molar-refractivity contribution is 5.71. The Kier molecular flexibility index (Phi) is 66.8. The van der Waals surface area contributed by atoms with Gasteiger partial charge in [-0.1, -0.05) is 300 Å². The number of aliphatic carboxylic acids is 1. The molecule has 0 aliphatic heterocycles. The normalized spacial score (nSPS) is 13.6. The Morgan fingerprint density at radius 2 is 0.626 bits per heavy atom. The molecule has 0 saturated heterocycles. The minimum atomic E-state index is -1.53. The molecule has 0 fully saturated rings. The predicted molar refractivity (Wildman–Crippen MR) is 391 cm³/mol. The van der Waals surface area contributed by atoms with Crippen LogP contribution in [0.25, 0.3) is 0 Å².